The van der Waals surface area contributed by atoms with Crippen molar-refractivity contribution in [2.45, 2.75) is 32.1 Å². The van der Waals surface area contributed by atoms with Crippen molar-refractivity contribution in [2.24, 2.45) is 11.8 Å². The average molecular weight is 301 g/mol. The van der Waals surface area contributed by atoms with Gasteiger partial charge in [-0.05, 0) is 42.0 Å². The maximum absolute atomic E-state index is 13.7. The minimum absolute atomic E-state index is 0.162. The number of benzene rings is 1. The Kier molecular flexibility index (Phi) is 4.57. The molecule has 0 spiro atoms. The minimum Gasteiger partial charge on any atom is -0.396 e. The lowest BCUT2D eigenvalue weighted by Crippen LogP contribution is -2.19. The molecule has 0 aliphatic heterocycles. The van der Waals surface area contributed by atoms with Crippen molar-refractivity contribution >= 4 is 15.9 Å². The van der Waals surface area contributed by atoms with Crippen molar-refractivity contribution < 1.29 is 9.50 Å². The summed E-state index contributed by atoms with van der Waals surface area (Å²) in [5, 5.41) is 9.47. The van der Waals surface area contributed by atoms with Gasteiger partial charge in [-0.25, -0.2) is 4.39 Å². The van der Waals surface area contributed by atoms with Gasteiger partial charge in [-0.3, -0.25) is 0 Å². The largest absolute Gasteiger partial charge is 0.396 e. The highest BCUT2D eigenvalue weighted by molar-refractivity contribution is 9.10. The zero-order valence-electron chi connectivity index (χ0n) is 9.83. The second kappa shape index (κ2) is 5.96. The van der Waals surface area contributed by atoms with Gasteiger partial charge in [0.15, 0.2) is 0 Å². The average Bonchev–Trinajstić information content (AvgIpc) is 2.84. The number of aliphatic hydroxyl groups is 1. The van der Waals surface area contributed by atoms with Crippen LogP contribution in [0.1, 0.15) is 31.2 Å². The third-order valence-corrected chi connectivity index (χ3v) is 4.28. The smallest absolute Gasteiger partial charge is 0.126 e. The second-order valence-corrected chi connectivity index (χ2v) is 5.84. The van der Waals surface area contributed by atoms with Gasteiger partial charge in [0.05, 0.1) is 0 Å². The highest BCUT2D eigenvalue weighted by Crippen LogP contribution is 2.33. The van der Waals surface area contributed by atoms with Gasteiger partial charge in [0.25, 0.3) is 0 Å². The standard InChI is InChI=1S/C14H18BrFO/c15-13-5-6-14(16)11(8-13)7-12(9-17)10-3-1-2-4-10/h5-6,8,10,12,17H,1-4,7,9H2. The van der Waals surface area contributed by atoms with Crippen LogP contribution in [0.5, 0.6) is 0 Å². The molecule has 1 aromatic carbocycles. The summed E-state index contributed by atoms with van der Waals surface area (Å²) in [5.41, 5.74) is 0.713. The quantitative estimate of drug-likeness (QED) is 0.893. The SMILES string of the molecule is OCC(Cc1cc(Br)ccc1F)C1CCCC1. The van der Waals surface area contributed by atoms with Crippen molar-refractivity contribution in [3.63, 3.8) is 0 Å². The summed E-state index contributed by atoms with van der Waals surface area (Å²) in [6.45, 7) is 0.163. The fourth-order valence-electron chi connectivity index (χ4n) is 2.79. The van der Waals surface area contributed by atoms with Gasteiger partial charge in [0.2, 0.25) is 0 Å². The highest BCUT2D eigenvalue weighted by Gasteiger charge is 2.25. The van der Waals surface area contributed by atoms with Crippen LogP contribution in [-0.2, 0) is 6.42 Å². The van der Waals surface area contributed by atoms with E-state index in [1.54, 1.807) is 6.07 Å². The molecule has 1 N–H and O–H groups in total. The molecule has 0 heterocycles. The Balaban J connectivity index is 2.09. The third kappa shape index (κ3) is 3.29. The lowest BCUT2D eigenvalue weighted by Gasteiger charge is -2.21. The minimum atomic E-state index is -0.162. The molecule has 0 bridgehead atoms. The zero-order valence-corrected chi connectivity index (χ0v) is 11.4. The van der Waals surface area contributed by atoms with Gasteiger partial charge in [0.1, 0.15) is 5.82 Å². The van der Waals surface area contributed by atoms with E-state index in [4.69, 9.17) is 0 Å². The molecule has 1 fully saturated rings. The van der Waals surface area contributed by atoms with E-state index in [0.717, 1.165) is 4.47 Å². The maximum atomic E-state index is 13.7. The van der Waals surface area contributed by atoms with Crippen molar-refractivity contribution in [3.05, 3.63) is 34.1 Å². The van der Waals surface area contributed by atoms with Crippen molar-refractivity contribution in [3.8, 4) is 0 Å². The predicted molar refractivity (Wildman–Crippen MR) is 70.3 cm³/mol. The van der Waals surface area contributed by atoms with Crippen LogP contribution in [0.15, 0.2) is 22.7 Å². The van der Waals surface area contributed by atoms with E-state index in [-0.39, 0.29) is 18.3 Å². The Bertz CT molecular complexity index is 374. The molecule has 0 saturated heterocycles. The van der Waals surface area contributed by atoms with E-state index < -0.39 is 0 Å². The molecule has 1 nitrogen and oxygen atoms in total. The van der Waals surface area contributed by atoms with E-state index in [2.05, 4.69) is 15.9 Å². The first-order valence-electron chi connectivity index (χ1n) is 6.25. The van der Waals surface area contributed by atoms with Gasteiger partial charge in [-0.1, -0.05) is 41.6 Å². The number of rotatable bonds is 4. The topological polar surface area (TPSA) is 20.2 Å². The lowest BCUT2D eigenvalue weighted by atomic mass is 9.86. The monoisotopic (exact) mass is 300 g/mol. The lowest BCUT2D eigenvalue weighted by molar-refractivity contribution is 0.175. The Morgan fingerprint density at radius 2 is 2.06 bits per heavy atom. The fourth-order valence-corrected chi connectivity index (χ4v) is 3.20. The molecule has 2 rings (SSSR count). The summed E-state index contributed by atoms with van der Waals surface area (Å²) in [4.78, 5) is 0. The Hall–Kier alpha value is -0.410. The van der Waals surface area contributed by atoms with Crippen molar-refractivity contribution in [1.82, 2.24) is 0 Å². The molecule has 3 heteroatoms. The molecular formula is C14H18BrFO. The van der Waals surface area contributed by atoms with E-state index >= 15 is 0 Å². The second-order valence-electron chi connectivity index (χ2n) is 4.93. The van der Waals surface area contributed by atoms with E-state index in [9.17, 15) is 9.50 Å². The molecule has 0 radical (unpaired) electrons. The van der Waals surface area contributed by atoms with Crippen LogP contribution in [0, 0.1) is 17.7 Å². The molecule has 1 saturated carbocycles. The van der Waals surface area contributed by atoms with Gasteiger partial charge >= 0.3 is 0 Å². The first kappa shape index (κ1) is 13.0. The predicted octanol–water partition coefficient (Wildman–Crippen LogP) is 3.93. The summed E-state index contributed by atoms with van der Waals surface area (Å²) < 4.78 is 14.6. The summed E-state index contributed by atoms with van der Waals surface area (Å²) in [7, 11) is 0. The number of hydrogen-bond acceptors (Lipinski definition) is 1. The van der Waals surface area contributed by atoms with Crippen molar-refractivity contribution in [2.75, 3.05) is 6.61 Å². The Morgan fingerprint density at radius 3 is 2.71 bits per heavy atom. The van der Waals surface area contributed by atoms with Crippen LogP contribution in [0.25, 0.3) is 0 Å². The van der Waals surface area contributed by atoms with Crippen LogP contribution in [0.2, 0.25) is 0 Å². The molecule has 0 aromatic heterocycles. The van der Waals surface area contributed by atoms with Gasteiger partial charge < -0.3 is 5.11 Å². The molecule has 0 amide bonds. The van der Waals surface area contributed by atoms with Gasteiger partial charge in [0, 0.05) is 11.1 Å². The molecule has 1 atom stereocenters. The van der Waals surface area contributed by atoms with Crippen LogP contribution in [0.3, 0.4) is 0 Å². The number of aliphatic hydroxyl groups excluding tert-OH is 1. The number of halogens is 2. The third-order valence-electron chi connectivity index (χ3n) is 3.79. The Morgan fingerprint density at radius 1 is 1.35 bits per heavy atom. The fraction of sp³-hybridized carbons (Fsp3) is 0.571. The van der Waals surface area contributed by atoms with E-state index in [1.807, 2.05) is 6.07 Å². The molecular weight excluding hydrogens is 283 g/mol. The van der Waals surface area contributed by atoms with Crippen LogP contribution in [-0.4, -0.2) is 11.7 Å². The normalized spacial score (nSPS) is 18.5. The van der Waals surface area contributed by atoms with E-state index in [1.165, 1.54) is 31.7 Å². The van der Waals surface area contributed by atoms with Gasteiger partial charge in [-0.2, -0.15) is 0 Å². The van der Waals surface area contributed by atoms with Crippen LogP contribution >= 0.6 is 15.9 Å². The first-order chi connectivity index (χ1) is 8.20. The molecule has 1 aliphatic rings. The summed E-state index contributed by atoms with van der Waals surface area (Å²) in [6, 6.07) is 5.03. The highest BCUT2D eigenvalue weighted by atomic mass is 79.9. The van der Waals surface area contributed by atoms with Crippen LogP contribution < -0.4 is 0 Å². The summed E-state index contributed by atoms with van der Waals surface area (Å²) in [6.07, 6.45) is 5.51. The maximum Gasteiger partial charge on any atom is 0.126 e. The Labute approximate surface area is 110 Å². The first-order valence-corrected chi connectivity index (χ1v) is 7.05. The van der Waals surface area contributed by atoms with Crippen molar-refractivity contribution in [1.29, 1.82) is 0 Å². The summed E-state index contributed by atoms with van der Waals surface area (Å²) in [5.74, 6) is 0.615. The molecule has 1 aromatic rings. The van der Waals surface area contributed by atoms with Crippen LogP contribution in [0.4, 0.5) is 4.39 Å². The number of hydrogen-bond donors (Lipinski definition) is 1. The molecule has 17 heavy (non-hydrogen) atoms. The summed E-state index contributed by atoms with van der Waals surface area (Å²) >= 11 is 3.36. The molecule has 1 unspecified atom stereocenters. The molecule has 94 valence electrons. The zero-order chi connectivity index (χ0) is 12.3. The van der Waals surface area contributed by atoms with Gasteiger partial charge in [-0.15, -0.1) is 0 Å². The molecule has 1 aliphatic carbocycles. The van der Waals surface area contributed by atoms with E-state index in [0.29, 0.717) is 17.9 Å².